The summed E-state index contributed by atoms with van der Waals surface area (Å²) in [6.07, 6.45) is 0. The van der Waals surface area contributed by atoms with E-state index >= 15 is 0 Å². The van der Waals surface area contributed by atoms with Gasteiger partial charge in [-0.3, -0.25) is 15.0 Å². The van der Waals surface area contributed by atoms with E-state index in [1.807, 2.05) is 30.3 Å². The summed E-state index contributed by atoms with van der Waals surface area (Å²) in [5.74, 6) is -3.65. The van der Waals surface area contributed by atoms with E-state index in [1.165, 1.54) is 10.4 Å². The number of hydrogen-bond donors (Lipinski definition) is 2. The van der Waals surface area contributed by atoms with E-state index in [-0.39, 0.29) is 16.4 Å². The summed E-state index contributed by atoms with van der Waals surface area (Å²) in [5, 5.41) is 25.9. The molecule has 2 aromatic rings. The molecule has 0 aliphatic carbocycles. The van der Waals surface area contributed by atoms with E-state index in [0.717, 1.165) is 5.56 Å². The minimum atomic E-state index is -3.36. The van der Waals surface area contributed by atoms with E-state index in [0.29, 0.717) is 38.3 Å². The monoisotopic (exact) mass is 465 g/mol. The zero-order chi connectivity index (χ0) is 23.7. The van der Waals surface area contributed by atoms with Crippen molar-refractivity contribution in [2.45, 2.75) is 12.3 Å². The number of piperazine rings is 1. The van der Waals surface area contributed by atoms with Crippen LogP contribution in [0.5, 0.6) is 0 Å². The number of para-hydroxylation sites is 1. The molecule has 32 heavy (non-hydrogen) atoms. The third-order valence-corrected chi connectivity index (χ3v) is 6.53. The lowest BCUT2D eigenvalue weighted by Gasteiger charge is -2.33. The number of nitrogens with zero attached hydrogens (tertiary/aromatic N) is 3. The van der Waals surface area contributed by atoms with Crippen molar-refractivity contribution in [1.29, 1.82) is 0 Å². The molecule has 0 unspecified atom stereocenters. The average Bonchev–Trinajstić information content (AvgIpc) is 2.75. The van der Waals surface area contributed by atoms with Crippen LogP contribution in [0.2, 0.25) is 0 Å². The molecule has 1 fully saturated rings. The molecule has 12 heteroatoms. The molecule has 2 aromatic carbocycles. The lowest BCUT2D eigenvalue weighted by atomic mass is 10.1. The predicted molar refractivity (Wildman–Crippen MR) is 114 cm³/mol. The SMILES string of the molecule is O=C(O)C(=O)O.O=[N+]([O-])c1ccccc1CN1CCN(S(=O)(=O)Cc2ccccc2)CC1. The van der Waals surface area contributed by atoms with Gasteiger partial charge in [-0.1, -0.05) is 48.5 Å². The topological polar surface area (TPSA) is 158 Å². The van der Waals surface area contributed by atoms with Crippen LogP contribution in [0, 0.1) is 10.1 Å². The van der Waals surface area contributed by atoms with Crippen molar-refractivity contribution in [3.8, 4) is 0 Å². The van der Waals surface area contributed by atoms with Crippen LogP contribution in [0.25, 0.3) is 0 Å². The van der Waals surface area contributed by atoms with E-state index in [9.17, 15) is 18.5 Å². The van der Waals surface area contributed by atoms with E-state index in [4.69, 9.17) is 19.8 Å². The normalized spacial score (nSPS) is 14.8. The van der Waals surface area contributed by atoms with Gasteiger partial charge in [0.2, 0.25) is 10.0 Å². The van der Waals surface area contributed by atoms with Crippen molar-refractivity contribution in [1.82, 2.24) is 9.21 Å². The lowest BCUT2D eigenvalue weighted by Crippen LogP contribution is -2.48. The van der Waals surface area contributed by atoms with Crippen molar-refractivity contribution in [2.75, 3.05) is 26.2 Å². The molecule has 0 radical (unpaired) electrons. The van der Waals surface area contributed by atoms with Gasteiger partial charge in [-0.15, -0.1) is 0 Å². The fourth-order valence-electron chi connectivity index (χ4n) is 3.11. The Labute approximate surface area is 184 Å². The Morgan fingerprint density at radius 3 is 1.97 bits per heavy atom. The van der Waals surface area contributed by atoms with Gasteiger partial charge in [0.1, 0.15) is 0 Å². The van der Waals surface area contributed by atoms with Gasteiger partial charge in [0, 0.05) is 44.4 Å². The predicted octanol–water partition coefficient (Wildman–Crippen LogP) is 1.40. The number of nitro benzene ring substituents is 1. The number of aliphatic carboxylic acids is 2. The standard InChI is InChI=1S/C18H21N3O4S.C2H2O4/c22-21(23)18-9-5-4-8-17(18)14-19-10-12-20(13-11-19)26(24,25)15-16-6-2-1-3-7-16;3-1(4)2(5)6/h1-9H,10-15H2;(H,3,4)(H,5,6). The first-order valence-electron chi connectivity index (χ1n) is 9.53. The summed E-state index contributed by atoms with van der Waals surface area (Å²) >= 11 is 0. The van der Waals surface area contributed by atoms with E-state index < -0.39 is 22.0 Å². The Morgan fingerprint density at radius 2 is 1.44 bits per heavy atom. The number of benzene rings is 2. The Bertz CT molecular complexity index is 1040. The molecule has 1 aliphatic rings. The van der Waals surface area contributed by atoms with E-state index in [1.54, 1.807) is 18.2 Å². The first-order valence-corrected chi connectivity index (χ1v) is 11.1. The molecule has 0 bridgehead atoms. The molecule has 1 saturated heterocycles. The molecule has 0 amide bonds. The van der Waals surface area contributed by atoms with E-state index in [2.05, 4.69) is 4.90 Å². The molecule has 1 heterocycles. The molecule has 0 atom stereocenters. The fourth-order valence-corrected chi connectivity index (χ4v) is 4.62. The van der Waals surface area contributed by atoms with Crippen molar-refractivity contribution in [2.24, 2.45) is 0 Å². The largest absolute Gasteiger partial charge is 0.473 e. The lowest BCUT2D eigenvalue weighted by molar-refractivity contribution is -0.385. The van der Waals surface area contributed by atoms with Crippen LogP contribution >= 0.6 is 0 Å². The maximum Gasteiger partial charge on any atom is 0.414 e. The van der Waals surface area contributed by atoms with Crippen LogP contribution in [-0.2, 0) is 31.9 Å². The number of hydrogen-bond acceptors (Lipinski definition) is 7. The van der Waals surface area contributed by atoms with Crippen LogP contribution in [0.15, 0.2) is 54.6 Å². The number of carboxylic acid groups (broad SMARTS) is 2. The number of nitro groups is 1. The number of rotatable bonds is 6. The highest BCUT2D eigenvalue weighted by Crippen LogP contribution is 2.21. The third kappa shape index (κ3) is 7.41. The van der Waals surface area contributed by atoms with Gasteiger partial charge >= 0.3 is 11.9 Å². The zero-order valence-corrected chi connectivity index (χ0v) is 17.8. The van der Waals surface area contributed by atoms with Crippen molar-refractivity contribution >= 4 is 27.6 Å². The average molecular weight is 465 g/mol. The molecule has 0 saturated carbocycles. The summed E-state index contributed by atoms with van der Waals surface area (Å²) in [4.78, 5) is 31.0. The van der Waals surface area contributed by atoms with Crippen LogP contribution in [0.3, 0.4) is 0 Å². The van der Waals surface area contributed by atoms with Crippen LogP contribution in [-0.4, -0.2) is 70.9 Å². The Kier molecular flexibility index (Phi) is 8.81. The first kappa shape index (κ1) is 24.9. The van der Waals surface area contributed by atoms with Gasteiger partial charge in [-0.2, -0.15) is 4.31 Å². The maximum absolute atomic E-state index is 12.6. The second kappa shape index (κ2) is 11.3. The summed E-state index contributed by atoms with van der Waals surface area (Å²) in [5.41, 5.74) is 1.53. The first-order chi connectivity index (χ1) is 15.1. The molecular formula is C20H23N3O8S. The van der Waals surface area contributed by atoms with Crippen molar-refractivity contribution < 1.29 is 33.1 Å². The highest BCUT2D eigenvalue weighted by Gasteiger charge is 2.28. The summed E-state index contributed by atoms with van der Waals surface area (Å²) in [6, 6.07) is 15.8. The molecule has 172 valence electrons. The third-order valence-electron chi connectivity index (χ3n) is 4.68. The molecule has 1 aliphatic heterocycles. The van der Waals surface area contributed by atoms with Gasteiger partial charge in [0.15, 0.2) is 0 Å². The van der Waals surface area contributed by atoms with Crippen LogP contribution in [0.1, 0.15) is 11.1 Å². The number of carboxylic acids is 2. The molecule has 3 rings (SSSR count). The molecule has 0 spiro atoms. The zero-order valence-electron chi connectivity index (χ0n) is 17.0. The van der Waals surface area contributed by atoms with Gasteiger partial charge in [0.05, 0.1) is 10.7 Å². The van der Waals surface area contributed by atoms with Crippen LogP contribution < -0.4 is 0 Å². The van der Waals surface area contributed by atoms with Crippen LogP contribution in [0.4, 0.5) is 5.69 Å². The molecule has 0 aromatic heterocycles. The quantitative estimate of drug-likeness (QED) is 0.365. The highest BCUT2D eigenvalue weighted by molar-refractivity contribution is 7.88. The summed E-state index contributed by atoms with van der Waals surface area (Å²) in [6.45, 7) is 2.36. The minimum Gasteiger partial charge on any atom is -0.473 e. The Balaban J connectivity index is 0.000000534. The second-order valence-corrected chi connectivity index (χ2v) is 8.88. The number of carbonyl (C=O) groups is 2. The van der Waals surface area contributed by atoms with Gasteiger partial charge in [-0.25, -0.2) is 18.0 Å². The van der Waals surface area contributed by atoms with Gasteiger partial charge in [0.25, 0.3) is 5.69 Å². The summed E-state index contributed by atoms with van der Waals surface area (Å²) < 4.78 is 26.7. The molecular weight excluding hydrogens is 442 g/mol. The van der Waals surface area contributed by atoms with Gasteiger partial charge in [-0.05, 0) is 5.56 Å². The Hall–Kier alpha value is -3.35. The Morgan fingerprint density at radius 1 is 0.906 bits per heavy atom. The second-order valence-electron chi connectivity index (χ2n) is 6.91. The van der Waals surface area contributed by atoms with Crippen molar-refractivity contribution in [3.05, 3.63) is 75.8 Å². The molecule has 2 N–H and O–H groups in total. The minimum absolute atomic E-state index is 0.00199. The number of sulfonamides is 1. The summed E-state index contributed by atoms with van der Waals surface area (Å²) in [7, 11) is -3.36. The highest BCUT2D eigenvalue weighted by atomic mass is 32.2. The fraction of sp³-hybridized carbons (Fsp3) is 0.300. The maximum atomic E-state index is 12.6. The smallest absolute Gasteiger partial charge is 0.414 e. The molecule has 11 nitrogen and oxygen atoms in total. The van der Waals surface area contributed by atoms with Gasteiger partial charge < -0.3 is 10.2 Å². The van der Waals surface area contributed by atoms with Crippen molar-refractivity contribution in [3.63, 3.8) is 0 Å².